The molecule has 1 fully saturated rings. The van der Waals surface area contributed by atoms with Crippen LogP contribution in [0, 0.1) is 5.92 Å². The molecular weight excluding hydrogens is 206 g/mol. The predicted molar refractivity (Wildman–Crippen MR) is 63.3 cm³/mol. The van der Waals surface area contributed by atoms with Gasteiger partial charge in [-0.1, -0.05) is 13.8 Å². The van der Waals surface area contributed by atoms with Crippen molar-refractivity contribution in [3.63, 3.8) is 0 Å². The number of β-amino-alcohol motifs (C(OH)–C–C–N with tert-alkyl or cyclic N) is 1. The van der Waals surface area contributed by atoms with Crippen LogP contribution in [0.4, 0.5) is 0 Å². The van der Waals surface area contributed by atoms with E-state index in [1.807, 2.05) is 20.8 Å². The minimum absolute atomic E-state index is 0.0487. The van der Waals surface area contributed by atoms with Crippen molar-refractivity contribution in [3.8, 4) is 0 Å². The van der Waals surface area contributed by atoms with Gasteiger partial charge >= 0.3 is 0 Å². The van der Waals surface area contributed by atoms with Gasteiger partial charge < -0.3 is 14.9 Å². The fourth-order valence-electron chi connectivity index (χ4n) is 1.80. The third-order valence-corrected chi connectivity index (χ3v) is 3.61. The summed E-state index contributed by atoms with van der Waals surface area (Å²) in [5, 5.41) is 19.4. The Bertz CT molecular complexity index is 218. The Hall–Kier alpha value is -0.160. The molecule has 3 atom stereocenters. The van der Waals surface area contributed by atoms with E-state index in [4.69, 9.17) is 9.84 Å². The van der Waals surface area contributed by atoms with Crippen molar-refractivity contribution in [2.45, 2.75) is 45.4 Å². The lowest BCUT2D eigenvalue weighted by atomic mass is 9.91. The first-order chi connectivity index (χ1) is 7.36. The van der Waals surface area contributed by atoms with E-state index in [0.717, 1.165) is 0 Å². The van der Waals surface area contributed by atoms with Gasteiger partial charge in [0.25, 0.3) is 0 Å². The first kappa shape index (κ1) is 13.9. The molecule has 0 bridgehead atoms. The van der Waals surface area contributed by atoms with Crippen LogP contribution in [-0.4, -0.2) is 59.2 Å². The molecule has 0 aliphatic carbocycles. The summed E-state index contributed by atoms with van der Waals surface area (Å²) in [7, 11) is 0. The molecule has 0 aromatic carbocycles. The van der Waals surface area contributed by atoms with Crippen molar-refractivity contribution in [2.75, 3.05) is 26.3 Å². The molecule has 4 heteroatoms. The molecule has 2 N–H and O–H groups in total. The maximum atomic E-state index is 10.3. The number of morpholine rings is 1. The van der Waals surface area contributed by atoms with Crippen LogP contribution in [0.3, 0.4) is 0 Å². The van der Waals surface area contributed by atoms with E-state index in [1.165, 1.54) is 0 Å². The molecule has 96 valence electrons. The van der Waals surface area contributed by atoms with Gasteiger partial charge in [-0.3, -0.25) is 4.90 Å². The molecule has 1 saturated heterocycles. The highest BCUT2D eigenvalue weighted by molar-refractivity contribution is 4.86. The van der Waals surface area contributed by atoms with Crippen LogP contribution in [0.25, 0.3) is 0 Å². The van der Waals surface area contributed by atoms with E-state index in [0.29, 0.717) is 25.7 Å². The molecular formula is C12H25NO3. The van der Waals surface area contributed by atoms with Gasteiger partial charge in [0.05, 0.1) is 24.9 Å². The Morgan fingerprint density at radius 1 is 1.50 bits per heavy atom. The van der Waals surface area contributed by atoms with Gasteiger partial charge in [0.15, 0.2) is 0 Å². The standard InChI is InChI=1S/C12H25NO3/c1-9(2)12(4,15)8-13-5-11(6-14)16-7-10(13)3/h9-11,14-15H,5-8H2,1-4H3. The minimum Gasteiger partial charge on any atom is -0.394 e. The number of aliphatic hydroxyl groups is 2. The summed E-state index contributed by atoms with van der Waals surface area (Å²) in [5.74, 6) is 0.218. The first-order valence-electron chi connectivity index (χ1n) is 6.05. The topological polar surface area (TPSA) is 52.9 Å². The number of rotatable bonds is 4. The molecule has 1 aliphatic rings. The Morgan fingerprint density at radius 2 is 2.12 bits per heavy atom. The van der Waals surface area contributed by atoms with Crippen molar-refractivity contribution in [3.05, 3.63) is 0 Å². The van der Waals surface area contributed by atoms with Crippen LogP contribution in [0.15, 0.2) is 0 Å². The van der Waals surface area contributed by atoms with E-state index in [1.54, 1.807) is 0 Å². The van der Waals surface area contributed by atoms with Gasteiger partial charge in [-0.05, 0) is 19.8 Å². The van der Waals surface area contributed by atoms with Crippen LogP contribution in [-0.2, 0) is 4.74 Å². The van der Waals surface area contributed by atoms with Crippen LogP contribution in [0.1, 0.15) is 27.7 Å². The molecule has 0 radical (unpaired) electrons. The lowest BCUT2D eigenvalue weighted by Gasteiger charge is -2.42. The Labute approximate surface area is 98.2 Å². The zero-order valence-corrected chi connectivity index (χ0v) is 10.8. The maximum Gasteiger partial charge on any atom is 0.0933 e. The van der Waals surface area contributed by atoms with Gasteiger partial charge in [0.2, 0.25) is 0 Å². The Morgan fingerprint density at radius 3 is 2.62 bits per heavy atom. The summed E-state index contributed by atoms with van der Waals surface area (Å²) < 4.78 is 5.47. The third kappa shape index (κ3) is 3.42. The molecule has 1 rings (SSSR count). The summed E-state index contributed by atoms with van der Waals surface area (Å²) in [6.07, 6.45) is -0.112. The summed E-state index contributed by atoms with van der Waals surface area (Å²) in [6.45, 7) is 10.00. The summed E-state index contributed by atoms with van der Waals surface area (Å²) >= 11 is 0. The number of hydrogen-bond acceptors (Lipinski definition) is 4. The van der Waals surface area contributed by atoms with E-state index in [2.05, 4.69) is 11.8 Å². The fourth-order valence-corrected chi connectivity index (χ4v) is 1.80. The molecule has 16 heavy (non-hydrogen) atoms. The molecule has 1 aliphatic heterocycles. The normalized spacial score (nSPS) is 31.7. The molecule has 4 nitrogen and oxygen atoms in total. The van der Waals surface area contributed by atoms with Crippen molar-refractivity contribution >= 4 is 0 Å². The number of aliphatic hydroxyl groups excluding tert-OH is 1. The van der Waals surface area contributed by atoms with Crippen molar-refractivity contribution < 1.29 is 14.9 Å². The highest BCUT2D eigenvalue weighted by Gasteiger charge is 2.33. The number of nitrogens with zero attached hydrogens (tertiary/aromatic N) is 1. The van der Waals surface area contributed by atoms with E-state index >= 15 is 0 Å². The van der Waals surface area contributed by atoms with Gasteiger partial charge in [-0.25, -0.2) is 0 Å². The zero-order chi connectivity index (χ0) is 12.3. The van der Waals surface area contributed by atoms with Gasteiger partial charge in [0, 0.05) is 19.1 Å². The molecule has 0 aromatic rings. The third-order valence-electron chi connectivity index (χ3n) is 3.61. The Kier molecular flexibility index (Phi) is 4.73. The highest BCUT2D eigenvalue weighted by atomic mass is 16.5. The molecule has 0 spiro atoms. The smallest absolute Gasteiger partial charge is 0.0933 e. The monoisotopic (exact) mass is 231 g/mol. The summed E-state index contributed by atoms with van der Waals surface area (Å²) in [4.78, 5) is 2.20. The lowest BCUT2D eigenvalue weighted by molar-refractivity contribution is -0.107. The molecule has 0 saturated carbocycles. The minimum atomic E-state index is -0.689. The maximum absolute atomic E-state index is 10.3. The Balaban J connectivity index is 2.57. The zero-order valence-electron chi connectivity index (χ0n) is 10.8. The van der Waals surface area contributed by atoms with Crippen LogP contribution < -0.4 is 0 Å². The van der Waals surface area contributed by atoms with Gasteiger partial charge in [0.1, 0.15) is 0 Å². The average Bonchev–Trinajstić information content (AvgIpc) is 2.21. The van der Waals surface area contributed by atoms with Crippen molar-refractivity contribution in [2.24, 2.45) is 5.92 Å². The SMILES string of the molecule is CC1COC(CO)CN1CC(C)(O)C(C)C. The quantitative estimate of drug-likeness (QED) is 0.739. The molecule has 0 aromatic heterocycles. The second kappa shape index (κ2) is 5.45. The van der Waals surface area contributed by atoms with E-state index in [9.17, 15) is 5.11 Å². The van der Waals surface area contributed by atoms with Gasteiger partial charge in [-0.15, -0.1) is 0 Å². The largest absolute Gasteiger partial charge is 0.394 e. The van der Waals surface area contributed by atoms with Crippen molar-refractivity contribution in [1.82, 2.24) is 4.90 Å². The van der Waals surface area contributed by atoms with Crippen LogP contribution >= 0.6 is 0 Å². The number of hydrogen-bond donors (Lipinski definition) is 2. The second-order valence-corrected chi connectivity index (χ2v) is 5.43. The highest BCUT2D eigenvalue weighted by Crippen LogP contribution is 2.21. The molecule has 3 unspecified atom stereocenters. The number of ether oxygens (including phenoxy) is 1. The molecule has 1 heterocycles. The van der Waals surface area contributed by atoms with Crippen LogP contribution in [0.5, 0.6) is 0 Å². The first-order valence-corrected chi connectivity index (χ1v) is 6.05. The molecule has 0 amide bonds. The predicted octanol–water partition coefficient (Wildman–Crippen LogP) is 0.475. The second-order valence-electron chi connectivity index (χ2n) is 5.43. The lowest BCUT2D eigenvalue weighted by Crippen LogP contribution is -2.55. The van der Waals surface area contributed by atoms with Gasteiger partial charge in [-0.2, -0.15) is 0 Å². The average molecular weight is 231 g/mol. The summed E-state index contributed by atoms with van der Waals surface area (Å²) in [6, 6.07) is 0.299. The van der Waals surface area contributed by atoms with Crippen LogP contribution in [0.2, 0.25) is 0 Å². The van der Waals surface area contributed by atoms with E-state index in [-0.39, 0.29) is 18.6 Å². The fraction of sp³-hybridized carbons (Fsp3) is 1.00. The van der Waals surface area contributed by atoms with E-state index < -0.39 is 5.60 Å². The van der Waals surface area contributed by atoms with Crippen molar-refractivity contribution in [1.29, 1.82) is 0 Å². The summed E-state index contributed by atoms with van der Waals surface area (Å²) in [5.41, 5.74) is -0.689.